The average molecular weight is 330 g/mol. The second kappa shape index (κ2) is 5.57. The van der Waals surface area contributed by atoms with E-state index in [1.165, 1.54) is 27.7 Å². The minimum atomic E-state index is 0.0252. The van der Waals surface area contributed by atoms with Gasteiger partial charge in [0.1, 0.15) is 5.78 Å². The third-order valence-electron chi connectivity index (χ3n) is 6.02. The van der Waals surface area contributed by atoms with Gasteiger partial charge in [-0.2, -0.15) is 0 Å². The number of carbonyl (C=O) groups excluding carboxylic acids is 1. The summed E-state index contributed by atoms with van der Waals surface area (Å²) >= 11 is 0. The van der Waals surface area contributed by atoms with E-state index in [9.17, 15) is 4.79 Å². The van der Waals surface area contributed by atoms with Crippen molar-refractivity contribution in [2.45, 2.75) is 37.9 Å². The number of ketones is 1. The van der Waals surface area contributed by atoms with Crippen LogP contribution in [0.1, 0.15) is 35.7 Å². The Bertz CT molecular complexity index is 957. The van der Waals surface area contributed by atoms with Crippen molar-refractivity contribution in [3.8, 4) is 0 Å². The minimum absolute atomic E-state index is 0.0252. The van der Waals surface area contributed by atoms with Gasteiger partial charge in [0, 0.05) is 36.6 Å². The van der Waals surface area contributed by atoms with Crippen molar-refractivity contribution in [2.75, 3.05) is 0 Å². The summed E-state index contributed by atoms with van der Waals surface area (Å²) < 4.78 is 2.36. The van der Waals surface area contributed by atoms with Crippen molar-refractivity contribution in [1.82, 2.24) is 9.47 Å². The first kappa shape index (κ1) is 14.9. The van der Waals surface area contributed by atoms with Crippen LogP contribution in [0.3, 0.4) is 0 Å². The summed E-state index contributed by atoms with van der Waals surface area (Å²) in [6, 6.07) is 19.5. The van der Waals surface area contributed by atoms with Crippen LogP contribution in [0.5, 0.6) is 0 Å². The van der Waals surface area contributed by atoms with Crippen LogP contribution in [-0.2, 0) is 24.8 Å². The van der Waals surface area contributed by atoms with E-state index < -0.39 is 0 Å². The number of para-hydroxylation sites is 1. The maximum absolute atomic E-state index is 12.7. The molecule has 1 aromatic heterocycles. The average Bonchev–Trinajstić information content (AvgIpc) is 2.92. The molecule has 2 aliphatic rings. The molecule has 2 aliphatic heterocycles. The molecule has 3 nitrogen and oxygen atoms in total. The molecule has 3 heteroatoms. The maximum Gasteiger partial charge on any atom is 0.150 e. The van der Waals surface area contributed by atoms with Crippen molar-refractivity contribution in [3.05, 3.63) is 71.4 Å². The molecule has 25 heavy (non-hydrogen) atoms. The number of Topliss-reactive ketones (excluding diaryl/α,β-unsaturated/α-hetero) is 1. The number of fused-ring (bicyclic) bond motifs is 6. The Morgan fingerprint density at radius 2 is 1.76 bits per heavy atom. The van der Waals surface area contributed by atoms with Gasteiger partial charge in [-0.25, -0.2) is 0 Å². The number of benzene rings is 2. The summed E-state index contributed by atoms with van der Waals surface area (Å²) in [5, 5.41) is 1.32. The van der Waals surface area contributed by atoms with E-state index in [2.05, 4.69) is 65.0 Å². The maximum atomic E-state index is 12.7. The number of aromatic nitrogens is 1. The first-order chi connectivity index (χ1) is 12.2. The Hall–Kier alpha value is -2.39. The van der Waals surface area contributed by atoms with Crippen LogP contribution in [0.2, 0.25) is 0 Å². The summed E-state index contributed by atoms with van der Waals surface area (Å²) in [5.41, 5.74) is 5.38. The normalized spacial score (nSPS) is 23.0. The minimum Gasteiger partial charge on any atom is -0.346 e. The molecule has 1 saturated heterocycles. The highest BCUT2D eigenvalue weighted by atomic mass is 16.1. The fourth-order valence-corrected chi connectivity index (χ4v) is 4.88. The Balaban J connectivity index is 1.65. The lowest BCUT2D eigenvalue weighted by atomic mass is 9.81. The van der Waals surface area contributed by atoms with Gasteiger partial charge < -0.3 is 4.57 Å². The summed E-state index contributed by atoms with van der Waals surface area (Å²) in [4.78, 5) is 15.2. The van der Waals surface area contributed by atoms with Crippen LogP contribution < -0.4 is 0 Å². The molecule has 0 radical (unpaired) electrons. The van der Waals surface area contributed by atoms with E-state index >= 15 is 0 Å². The van der Waals surface area contributed by atoms with Gasteiger partial charge in [0.15, 0.2) is 0 Å². The first-order valence-electron chi connectivity index (χ1n) is 9.12. The third kappa shape index (κ3) is 2.19. The first-order valence-corrected chi connectivity index (χ1v) is 9.12. The van der Waals surface area contributed by atoms with Gasteiger partial charge >= 0.3 is 0 Å². The summed E-state index contributed by atoms with van der Waals surface area (Å²) in [5.74, 6) is 0.408. The molecule has 3 heterocycles. The summed E-state index contributed by atoms with van der Waals surface area (Å²) in [7, 11) is 2.18. The second-order valence-electron chi connectivity index (χ2n) is 7.34. The van der Waals surface area contributed by atoms with Crippen LogP contribution in [0.4, 0.5) is 0 Å². The zero-order valence-electron chi connectivity index (χ0n) is 14.5. The molecule has 0 unspecified atom stereocenters. The van der Waals surface area contributed by atoms with E-state index in [1.807, 2.05) is 6.07 Å². The number of nitrogens with zero attached hydrogens (tertiary/aromatic N) is 2. The molecule has 1 fully saturated rings. The smallest absolute Gasteiger partial charge is 0.150 e. The van der Waals surface area contributed by atoms with E-state index in [-0.39, 0.29) is 6.04 Å². The number of piperidine rings is 1. The molecule has 2 bridgehead atoms. The zero-order chi connectivity index (χ0) is 17.0. The van der Waals surface area contributed by atoms with Gasteiger partial charge in [-0.3, -0.25) is 9.69 Å². The van der Waals surface area contributed by atoms with E-state index in [0.29, 0.717) is 18.2 Å². The van der Waals surface area contributed by atoms with Gasteiger partial charge in [0.05, 0.1) is 12.1 Å². The Morgan fingerprint density at radius 3 is 2.60 bits per heavy atom. The molecule has 5 rings (SSSR count). The lowest BCUT2D eigenvalue weighted by molar-refractivity contribution is -0.130. The number of carbonyl (C=O) groups is 1. The molecular formula is C22H22N2O. The molecule has 0 aliphatic carbocycles. The lowest BCUT2D eigenvalue weighted by Crippen LogP contribution is -2.51. The highest BCUT2D eigenvalue weighted by Gasteiger charge is 2.43. The van der Waals surface area contributed by atoms with Gasteiger partial charge in [-0.15, -0.1) is 0 Å². The SMILES string of the molecule is Cn1c2c(c3ccccc31)C[C@@H]1C(=O)CC[C@@H]2N1Cc1ccccc1. The highest BCUT2D eigenvalue weighted by Crippen LogP contribution is 2.44. The van der Waals surface area contributed by atoms with Crippen LogP contribution in [0.15, 0.2) is 54.6 Å². The largest absolute Gasteiger partial charge is 0.346 e. The van der Waals surface area contributed by atoms with Crippen LogP contribution in [0.25, 0.3) is 10.9 Å². The molecule has 126 valence electrons. The molecular weight excluding hydrogens is 308 g/mol. The van der Waals surface area contributed by atoms with Gasteiger partial charge in [0.2, 0.25) is 0 Å². The summed E-state index contributed by atoms with van der Waals surface area (Å²) in [6.07, 6.45) is 2.49. The monoisotopic (exact) mass is 330 g/mol. The topological polar surface area (TPSA) is 25.2 Å². The van der Waals surface area contributed by atoms with Crippen molar-refractivity contribution in [2.24, 2.45) is 7.05 Å². The quantitative estimate of drug-likeness (QED) is 0.709. The van der Waals surface area contributed by atoms with Gasteiger partial charge in [0.25, 0.3) is 0 Å². The third-order valence-corrected chi connectivity index (χ3v) is 6.02. The van der Waals surface area contributed by atoms with Crippen LogP contribution in [0, 0.1) is 0 Å². The van der Waals surface area contributed by atoms with E-state index in [4.69, 9.17) is 0 Å². The zero-order valence-corrected chi connectivity index (χ0v) is 14.5. The number of hydrogen-bond acceptors (Lipinski definition) is 2. The fourth-order valence-electron chi connectivity index (χ4n) is 4.88. The van der Waals surface area contributed by atoms with Gasteiger partial charge in [-0.05, 0) is 30.0 Å². The molecule has 0 N–H and O–H groups in total. The number of hydrogen-bond donors (Lipinski definition) is 0. The summed E-state index contributed by atoms with van der Waals surface area (Å²) in [6.45, 7) is 0.850. The fraction of sp³-hybridized carbons (Fsp3) is 0.318. The van der Waals surface area contributed by atoms with E-state index in [1.54, 1.807) is 0 Å². The highest BCUT2D eigenvalue weighted by molar-refractivity contribution is 5.90. The Kier molecular flexibility index (Phi) is 3.32. The number of rotatable bonds is 2. The Morgan fingerprint density at radius 1 is 1.00 bits per heavy atom. The predicted molar refractivity (Wildman–Crippen MR) is 99.4 cm³/mol. The Labute approximate surface area is 147 Å². The van der Waals surface area contributed by atoms with Crippen molar-refractivity contribution < 1.29 is 4.79 Å². The standard InChI is InChI=1S/C22H22N2O/c1-23-18-10-6-5-9-16(18)17-13-20-21(25)12-11-19(22(17)23)24(20)14-15-7-3-2-4-8-15/h2-10,19-20H,11-14H2,1H3/t19-,20+/m0/s1. The lowest BCUT2D eigenvalue weighted by Gasteiger charge is -2.45. The molecule has 2 atom stereocenters. The molecule has 2 aromatic carbocycles. The van der Waals surface area contributed by atoms with Gasteiger partial charge in [-0.1, -0.05) is 48.5 Å². The van der Waals surface area contributed by atoms with E-state index in [0.717, 1.165) is 19.4 Å². The van der Waals surface area contributed by atoms with Crippen LogP contribution in [-0.4, -0.2) is 21.3 Å². The predicted octanol–water partition coefficient (Wildman–Crippen LogP) is 4.01. The molecule has 0 amide bonds. The molecule has 3 aromatic rings. The van der Waals surface area contributed by atoms with Crippen molar-refractivity contribution >= 4 is 16.7 Å². The number of aryl methyl sites for hydroxylation is 1. The second-order valence-corrected chi connectivity index (χ2v) is 7.34. The van der Waals surface area contributed by atoms with Crippen molar-refractivity contribution in [3.63, 3.8) is 0 Å². The van der Waals surface area contributed by atoms with Crippen LogP contribution >= 0.6 is 0 Å². The molecule has 0 saturated carbocycles. The van der Waals surface area contributed by atoms with Crippen molar-refractivity contribution in [1.29, 1.82) is 0 Å². The molecule has 0 spiro atoms.